The molecule has 0 bridgehead atoms. The Morgan fingerprint density at radius 2 is 2.00 bits per heavy atom. The van der Waals surface area contributed by atoms with E-state index >= 15 is 0 Å². The van der Waals surface area contributed by atoms with Gasteiger partial charge in [-0.2, -0.15) is 5.10 Å². The molecule has 2 nitrogen and oxygen atoms in total. The number of hydrogen-bond donors (Lipinski definition) is 0. The first-order valence-electron chi connectivity index (χ1n) is 6.73. The summed E-state index contributed by atoms with van der Waals surface area (Å²) >= 11 is 0. The van der Waals surface area contributed by atoms with Gasteiger partial charge in [0.1, 0.15) is 0 Å². The topological polar surface area (TPSA) is 17.8 Å². The lowest BCUT2D eigenvalue weighted by molar-refractivity contribution is 0.480. The van der Waals surface area contributed by atoms with Gasteiger partial charge in [0.25, 0.3) is 0 Å². The molecule has 0 N–H and O–H groups in total. The Morgan fingerprint density at radius 1 is 1.24 bits per heavy atom. The number of para-hydroxylation sites is 1. The molecule has 0 spiro atoms. The molecule has 1 saturated carbocycles. The lowest BCUT2D eigenvalue weighted by Crippen LogP contribution is -2.07. The van der Waals surface area contributed by atoms with Gasteiger partial charge in [0, 0.05) is 5.39 Å². The summed E-state index contributed by atoms with van der Waals surface area (Å²) in [5, 5.41) is 5.93. The van der Waals surface area contributed by atoms with E-state index in [0.717, 1.165) is 0 Å². The number of benzene rings is 1. The fourth-order valence-electron chi connectivity index (χ4n) is 3.02. The van der Waals surface area contributed by atoms with Crippen LogP contribution >= 0.6 is 0 Å². The first-order chi connectivity index (χ1) is 8.27. The zero-order chi connectivity index (χ0) is 11.8. The molecule has 0 atom stereocenters. The lowest BCUT2D eigenvalue weighted by atomic mass is 10.0. The van der Waals surface area contributed by atoms with Crippen molar-refractivity contribution in [3.8, 4) is 0 Å². The summed E-state index contributed by atoms with van der Waals surface area (Å²) in [7, 11) is 0. The minimum absolute atomic E-state index is 0.565. The quantitative estimate of drug-likeness (QED) is 0.750. The van der Waals surface area contributed by atoms with E-state index in [1.807, 2.05) is 6.20 Å². The summed E-state index contributed by atoms with van der Waals surface area (Å²) in [6.07, 6.45) is 7.33. The molecule has 0 saturated heterocycles. The molecule has 1 aromatic carbocycles. The summed E-state index contributed by atoms with van der Waals surface area (Å²) in [6.45, 7) is 4.53. The predicted octanol–water partition coefficient (Wildman–Crippen LogP) is 4.27. The summed E-state index contributed by atoms with van der Waals surface area (Å²) in [4.78, 5) is 0. The number of nitrogens with zero attached hydrogens (tertiary/aromatic N) is 2. The van der Waals surface area contributed by atoms with Crippen molar-refractivity contribution in [2.24, 2.45) is 0 Å². The first-order valence-corrected chi connectivity index (χ1v) is 6.73. The highest BCUT2D eigenvalue weighted by molar-refractivity contribution is 5.82. The Kier molecular flexibility index (Phi) is 2.65. The fourth-order valence-corrected chi connectivity index (χ4v) is 3.02. The third-order valence-corrected chi connectivity index (χ3v) is 3.94. The number of fused-ring (bicyclic) bond motifs is 1. The van der Waals surface area contributed by atoms with E-state index in [0.29, 0.717) is 12.0 Å². The maximum atomic E-state index is 4.64. The van der Waals surface area contributed by atoms with Crippen LogP contribution in [0.15, 0.2) is 24.4 Å². The molecule has 0 radical (unpaired) electrons. The van der Waals surface area contributed by atoms with Gasteiger partial charge in [0.15, 0.2) is 0 Å². The minimum Gasteiger partial charge on any atom is -0.262 e. The number of hydrogen-bond acceptors (Lipinski definition) is 1. The highest BCUT2D eigenvalue weighted by Gasteiger charge is 2.21. The summed E-state index contributed by atoms with van der Waals surface area (Å²) in [5.41, 5.74) is 2.81. The Hall–Kier alpha value is -1.31. The van der Waals surface area contributed by atoms with E-state index in [2.05, 4.69) is 41.8 Å². The van der Waals surface area contributed by atoms with E-state index < -0.39 is 0 Å². The van der Waals surface area contributed by atoms with E-state index in [4.69, 9.17) is 0 Å². The molecule has 1 aromatic heterocycles. The smallest absolute Gasteiger partial charge is 0.0720 e. The second-order valence-electron chi connectivity index (χ2n) is 5.47. The van der Waals surface area contributed by atoms with Crippen LogP contribution in [0.2, 0.25) is 0 Å². The van der Waals surface area contributed by atoms with Crippen molar-refractivity contribution >= 4 is 10.9 Å². The molecular weight excluding hydrogens is 208 g/mol. The second-order valence-corrected chi connectivity index (χ2v) is 5.47. The van der Waals surface area contributed by atoms with Crippen LogP contribution < -0.4 is 0 Å². The largest absolute Gasteiger partial charge is 0.262 e. The van der Waals surface area contributed by atoms with Crippen molar-refractivity contribution in [3.63, 3.8) is 0 Å². The SMILES string of the molecule is CC(C)c1cccc2cnn(C3CCCC3)c12. The van der Waals surface area contributed by atoms with Crippen molar-refractivity contribution in [2.45, 2.75) is 51.5 Å². The van der Waals surface area contributed by atoms with Crippen LogP contribution in [0, 0.1) is 0 Å². The zero-order valence-electron chi connectivity index (χ0n) is 10.7. The highest BCUT2D eigenvalue weighted by atomic mass is 15.3. The fraction of sp³-hybridized carbons (Fsp3) is 0.533. The Morgan fingerprint density at radius 3 is 2.71 bits per heavy atom. The van der Waals surface area contributed by atoms with Crippen molar-refractivity contribution in [1.82, 2.24) is 9.78 Å². The van der Waals surface area contributed by atoms with Crippen LogP contribution in [0.1, 0.15) is 57.1 Å². The molecule has 1 aliphatic carbocycles. The van der Waals surface area contributed by atoms with Crippen molar-refractivity contribution in [1.29, 1.82) is 0 Å². The summed E-state index contributed by atoms with van der Waals surface area (Å²) < 4.78 is 2.29. The van der Waals surface area contributed by atoms with Gasteiger partial charge in [0.05, 0.1) is 17.8 Å². The van der Waals surface area contributed by atoms with E-state index in [1.165, 1.54) is 42.1 Å². The van der Waals surface area contributed by atoms with Crippen LogP contribution in [0.3, 0.4) is 0 Å². The van der Waals surface area contributed by atoms with E-state index in [-0.39, 0.29) is 0 Å². The summed E-state index contributed by atoms with van der Waals surface area (Å²) in [5.74, 6) is 0.565. The number of aromatic nitrogens is 2. The van der Waals surface area contributed by atoms with Crippen LogP contribution in [0.5, 0.6) is 0 Å². The van der Waals surface area contributed by atoms with Crippen molar-refractivity contribution in [3.05, 3.63) is 30.0 Å². The van der Waals surface area contributed by atoms with E-state index in [9.17, 15) is 0 Å². The third kappa shape index (κ3) is 1.76. The first kappa shape index (κ1) is 10.8. The molecule has 0 amide bonds. The van der Waals surface area contributed by atoms with Crippen LogP contribution in [0.25, 0.3) is 10.9 Å². The average molecular weight is 228 g/mol. The maximum Gasteiger partial charge on any atom is 0.0720 e. The minimum atomic E-state index is 0.565. The van der Waals surface area contributed by atoms with Gasteiger partial charge in [-0.05, 0) is 24.3 Å². The molecule has 0 unspecified atom stereocenters. The standard InChI is InChI=1S/C15H20N2/c1-11(2)14-9-5-6-12-10-16-17(15(12)14)13-7-3-4-8-13/h5-6,9-11,13H,3-4,7-8H2,1-2H3. The van der Waals surface area contributed by atoms with Gasteiger partial charge < -0.3 is 0 Å². The molecule has 90 valence electrons. The van der Waals surface area contributed by atoms with Gasteiger partial charge in [0.2, 0.25) is 0 Å². The average Bonchev–Trinajstić information content (AvgIpc) is 2.96. The molecule has 3 rings (SSSR count). The molecule has 1 aliphatic rings. The normalized spacial score (nSPS) is 17.4. The zero-order valence-corrected chi connectivity index (χ0v) is 10.7. The molecular formula is C15H20N2. The Balaban J connectivity index is 2.18. The van der Waals surface area contributed by atoms with Gasteiger partial charge >= 0.3 is 0 Å². The monoisotopic (exact) mass is 228 g/mol. The number of rotatable bonds is 2. The van der Waals surface area contributed by atoms with Crippen LogP contribution in [-0.4, -0.2) is 9.78 Å². The molecule has 1 heterocycles. The Labute approximate surface area is 103 Å². The van der Waals surface area contributed by atoms with Crippen LogP contribution in [0.4, 0.5) is 0 Å². The predicted molar refractivity (Wildman–Crippen MR) is 71.3 cm³/mol. The van der Waals surface area contributed by atoms with Gasteiger partial charge in [-0.15, -0.1) is 0 Å². The van der Waals surface area contributed by atoms with Crippen molar-refractivity contribution in [2.75, 3.05) is 0 Å². The highest BCUT2D eigenvalue weighted by Crippen LogP contribution is 2.34. The molecule has 1 fully saturated rings. The lowest BCUT2D eigenvalue weighted by Gasteiger charge is -2.15. The molecule has 0 aliphatic heterocycles. The van der Waals surface area contributed by atoms with E-state index in [1.54, 1.807) is 0 Å². The molecule has 2 aromatic rings. The van der Waals surface area contributed by atoms with Crippen molar-refractivity contribution < 1.29 is 0 Å². The third-order valence-electron chi connectivity index (χ3n) is 3.94. The second kappa shape index (κ2) is 4.17. The molecule has 17 heavy (non-hydrogen) atoms. The van der Waals surface area contributed by atoms with Crippen LogP contribution in [-0.2, 0) is 0 Å². The van der Waals surface area contributed by atoms with Gasteiger partial charge in [-0.25, -0.2) is 0 Å². The molecule has 2 heteroatoms. The maximum absolute atomic E-state index is 4.64. The van der Waals surface area contributed by atoms with Gasteiger partial charge in [-0.3, -0.25) is 4.68 Å². The summed E-state index contributed by atoms with van der Waals surface area (Å²) in [6, 6.07) is 7.21. The Bertz CT molecular complexity index is 519. The van der Waals surface area contributed by atoms with Gasteiger partial charge in [-0.1, -0.05) is 44.9 Å².